The van der Waals surface area contributed by atoms with Gasteiger partial charge in [0.25, 0.3) is 11.8 Å². The molecule has 0 atom stereocenters. The molecule has 0 spiro atoms. The largest absolute Gasteiger partial charge is 0.481 e. The Morgan fingerprint density at radius 1 is 1.03 bits per heavy atom. The number of hydrogen-bond acceptors (Lipinski definition) is 5. The number of anilines is 1. The van der Waals surface area contributed by atoms with Crippen molar-refractivity contribution in [3.8, 4) is 5.75 Å². The SMILES string of the molecule is O=C(O)COc1ccc(Br)cc1/C=C1\C(=O)NC(=O)N(c2ccc(C34CC5CC(CC(C5)C3)C4)cc2)C1=O. The standard InChI is InChI=1S/C29H27BrN2O6/c30-21-3-6-24(38-15-25(33)34)19(10-21)11-23-26(35)31-28(37)32(27(23)36)22-4-1-20(2-5-22)29-12-16-7-17(13-29)9-18(8-16)14-29/h1-6,10-11,16-18H,7-9,12-15H2,(H,33,34)(H,31,35,37)/b23-11+. The zero-order valence-corrected chi connectivity index (χ0v) is 22.2. The second-order valence-corrected chi connectivity index (χ2v) is 12.0. The summed E-state index contributed by atoms with van der Waals surface area (Å²) in [6, 6.07) is 11.6. The zero-order chi connectivity index (χ0) is 26.6. The van der Waals surface area contributed by atoms with Crippen LogP contribution in [0.4, 0.5) is 10.5 Å². The van der Waals surface area contributed by atoms with Gasteiger partial charge in [-0.15, -0.1) is 0 Å². The van der Waals surface area contributed by atoms with Crippen LogP contribution in [0.15, 0.2) is 52.5 Å². The number of carboxylic acid groups (broad SMARTS) is 1. The van der Waals surface area contributed by atoms with E-state index in [-0.39, 0.29) is 16.7 Å². The van der Waals surface area contributed by atoms with Crippen LogP contribution in [-0.2, 0) is 19.8 Å². The van der Waals surface area contributed by atoms with Gasteiger partial charge in [0, 0.05) is 10.0 Å². The van der Waals surface area contributed by atoms with E-state index in [0.717, 1.165) is 22.7 Å². The van der Waals surface area contributed by atoms with Crippen molar-refractivity contribution in [3.63, 3.8) is 0 Å². The number of carbonyl (C=O) groups excluding carboxylic acids is 3. The molecule has 1 saturated heterocycles. The smallest absolute Gasteiger partial charge is 0.341 e. The van der Waals surface area contributed by atoms with E-state index in [2.05, 4.69) is 21.2 Å². The van der Waals surface area contributed by atoms with Gasteiger partial charge in [-0.05, 0) is 104 Å². The van der Waals surface area contributed by atoms with E-state index < -0.39 is 30.4 Å². The Kier molecular flexibility index (Phi) is 6.13. The molecule has 1 heterocycles. The van der Waals surface area contributed by atoms with Gasteiger partial charge in [0.2, 0.25) is 0 Å². The van der Waals surface area contributed by atoms with Crippen molar-refractivity contribution in [2.75, 3.05) is 11.5 Å². The number of ether oxygens (including phenoxy) is 1. The summed E-state index contributed by atoms with van der Waals surface area (Å²) in [7, 11) is 0. The van der Waals surface area contributed by atoms with E-state index in [4.69, 9.17) is 9.84 Å². The van der Waals surface area contributed by atoms with Gasteiger partial charge in [-0.1, -0.05) is 28.1 Å². The molecule has 2 aromatic carbocycles. The highest BCUT2D eigenvalue weighted by molar-refractivity contribution is 9.10. The molecule has 9 heteroatoms. The van der Waals surface area contributed by atoms with Crippen LogP contribution < -0.4 is 15.0 Å². The van der Waals surface area contributed by atoms with Crippen LogP contribution in [0.25, 0.3) is 6.08 Å². The van der Waals surface area contributed by atoms with Crippen LogP contribution in [0.5, 0.6) is 5.75 Å². The second kappa shape index (κ2) is 9.38. The van der Waals surface area contributed by atoms with E-state index in [9.17, 15) is 19.2 Å². The number of amides is 4. The molecular weight excluding hydrogens is 552 g/mol. The third kappa shape index (κ3) is 4.42. The molecule has 0 aromatic heterocycles. The number of aliphatic carboxylic acids is 1. The fourth-order valence-electron chi connectivity index (χ4n) is 7.38. The summed E-state index contributed by atoms with van der Waals surface area (Å²) in [6.45, 7) is -0.585. The van der Waals surface area contributed by atoms with Crippen molar-refractivity contribution >= 4 is 51.5 Å². The molecular formula is C29H27BrN2O6. The summed E-state index contributed by atoms with van der Waals surface area (Å²) in [4.78, 5) is 50.8. The number of hydrogen-bond donors (Lipinski definition) is 2. The molecule has 4 amide bonds. The van der Waals surface area contributed by atoms with Crippen LogP contribution in [0.2, 0.25) is 0 Å². The van der Waals surface area contributed by atoms with Gasteiger partial charge in [0.05, 0.1) is 5.69 Å². The normalized spacial score (nSPS) is 29.1. The third-order valence-corrected chi connectivity index (χ3v) is 8.99. The Bertz CT molecular complexity index is 1350. The number of benzene rings is 2. The fourth-order valence-corrected chi connectivity index (χ4v) is 7.76. The first-order valence-corrected chi connectivity index (χ1v) is 13.7. The highest BCUT2D eigenvalue weighted by atomic mass is 79.9. The highest BCUT2D eigenvalue weighted by Crippen LogP contribution is 2.60. The van der Waals surface area contributed by atoms with E-state index in [0.29, 0.717) is 15.7 Å². The Balaban J connectivity index is 1.29. The lowest BCUT2D eigenvalue weighted by Gasteiger charge is -2.57. The Labute approximate surface area is 228 Å². The topological polar surface area (TPSA) is 113 Å². The number of carbonyl (C=O) groups is 4. The van der Waals surface area contributed by atoms with Crippen LogP contribution in [0.3, 0.4) is 0 Å². The predicted octanol–water partition coefficient (Wildman–Crippen LogP) is 5.05. The quantitative estimate of drug-likeness (QED) is 0.366. The molecule has 0 unspecified atom stereocenters. The second-order valence-electron chi connectivity index (χ2n) is 11.1. The number of halogens is 1. The summed E-state index contributed by atoms with van der Waals surface area (Å²) in [6.07, 6.45) is 8.99. The predicted molar refractivity (Wildman–Crippen MR) is 143 cm³/mol. The van der Waals surface area contributed by atoms with Gasteiger partial charge in [0.1, 0.15) is 11.3 Å². The van der Waals surface area contributed by atoms with Crippen molar-refractivity contribution < 1.29 is 29.0 Å². The van der Waals surface area contributed by atoms with E-state index >= 15 is 0 Å². The lowest BCUT2D eigenvalue weighted by molar-refractivity contribution is -0.139. The molecule has 2 N–H and O–H groups in total. The van der Waals surface area contributed by atoms with Gasteiger partial charge >= 0.3 is 12.0 Å². The Hall–Kier alpha value is -3.46. The third-order valence-electron chi connectivity index (χ3n) is 8.50. The summed E-state index contributed by atoms with van der Waals surface area (Å²) >= 11 is 3.34. The number of nitrogens with zero attached hydrogens (tertiary/aromatic N) is 1. The monoisotopic (exact) mass is 578 g/mol. The molecule has 5 aliphatic rings. The van der Waals surface area contributed by atoms with Gasteiger partial charge in [-0.25, -0.2) is 14.5 Å². The van der Waals surface area contributed by atoms with Crippen LogP contribution in [-0.4, -0.2) is 35.5 Å². The Morgan fingerprint density at radius 2 is 1.66 bits per heavy atom. The number of urea groups is 1. The summed E-state index contributed by atoms with van der Waals surface area (Å²) in [5, 5.41) is 11.2. The average molecular weight is 579 g/mol. The van der Waals surface area contributed by atoms with E-state index in [1.54, 1.807) is 24.3 Å². The van der Waals surface area contributed by atoms with Crippen LogP contribution >= 0.6 is 15.9 Å². The molecule has 2 aromatic rings. The maximum atomic E-state index is 13.4. The van der Waals surface area contributed by atoms with Crippen molar-refractivity contribution in [1.29, 1.82) is 0 Å². The number of barbiturate groups is 1. The van der Waals surface area contributed by atoms with Gasteiger partial charge in [-0.2, -0.15) is 0 Å². The van der Waals surface area contributed by atoms with Gasteiger partial charge in [0.15, 0.2) is 6.61 Å². The maximum Gasteiger partial charge on any atom is 0.341 e. The fraction of sp³-hybridized carbons (Fsp3) is 0.379. The summed E-state index contributed by atoms with van der Waals surface area (Å²) in [5.74, 6) is -0.153. The minimum Gasteiger partial charge on any atom is -0.481 e. The zero-order valence-electron chi connectivity index (χ0n) is 20.6. The van der Waals surface area contributed by atoms with Crippen molar-refractivity contribution in [2.24, 2.45) is 17.8 Å². The first-order chi connectivity index (χ1) is 18.2. The lowest BCUT2D eigenvalue weighted by atomic mass is 9.48. The van der Waals surface area contributed by atoms with Crippen molar-refractivity contribution in [1.82, 2.24) is 5.32 Å². The number of carboxylic acids is 1. The average Bonchev–Trinajstić information content (AvgIpc) is 2.85. The lowest BCUT2D eigenvalue weighted by Crippen LogP contribution is -2.54. The van der Waals surface area contributed by atoms with Crippen molar-refractivity contribution in [3.05, 3.63) is 63.6 Å². The maximum absolute atomic E-state index is 13.4. The molecule has 38 heavy (non-hydrogen) atoms. The minimum absolute atomic E-state index is 0.187. The number of rotatable bonds is 6. The summed E-state index contributed by atoms with van der Waals surface area (Å²) in [5.41, 5.74) is 1.91. The number of imide groups is 2. The van der Waals surface area contributed by atoms with Crippen LogP contribution in [0.1, 0.15) is 49.7 Å². The molecule has 0 radical (unpaired) electrons. The first-order valence-electron chi connectivity index (χ1n) is 12.9. The molecule has 4 saturated carbocycles. The number of nitrogens with one attached hydrogen (secondary N) is 1. The highest BCUT2D eigenvalue weighted by Gasteiger charge is 2.51. The molecule has 1 aliphatic heterocycles. The molecule has 4 bridgehead atoms. The Morgan fingerprint density at radius 3 is 2.26 bits per heavy atom. The minimum atomic E-state index is -1.16. The van der Waals surface area contributed by atoms with Crippen molar-refractivity contribution in [2.45, 2.75) is 43.9 Å². The molecule has 196 valence electrons. The summed E-state index contributed by atoms with van der Waals surface area (Å²) < 4.78 is 5.97. The molecule has 7 rings (SSSR count). The molecule has 8 nitrogen and oxygen atoms in total. The van der Waals surface area contributed by atoms with Gasteiger partial charge < -0.3 is 9.84 Å². The van der Waals surface area contributed by atoms with Crippen LogP contribution in [0, 0.1) is 17.8 Å². The molecule has 4 aliphatic carbocycles. The van der Waals surface area contributed by atoms with E-state index in [1.807, 2.05) is 12.1 Å². The molecule has 5 fully saturated rings. The van der Waals surface area contributed by atoms with Gasteiger partial charge in [-0.3, -0.25) is 14.9 Å². The first kappa shape index (κ1) is 24.9. The van der Waals surface area contributed by atoms with E-state index in [1.165, 1.54) is 56.2 Å².